The van der Waals surface area contributed by atoms with Crippen LogP contribution in [0.25, 0.3) is 0 Å². The van der Waals surface area contributed by atoms with E-state index in [4.69, 9.17) is 9.84 Å². The lowest BCUT2D eigenvalue weighted by Gasteiger charge is -2.07. The monoisotopic (exact) mass is 311 g/mol. The fraction of sp³-hybridized carbons (Fsp3) is 0.111. The molecular weight excluding hydrogens is 294 g/mol. The highest BCUT2D eigenvalue weighted by Gasteiger charge is 2.05. The number of hydrogen-bond acceptors (Lipinski definition) is 4. The minimum Gasteiger partial charge on any atom is -0.497 e. The van der Waals surface area contributed by atoms with Gasteiger partial charge in [0.2, 0.25) is 0 Å². The molecule has 0 spiro atoms. The predicted octanol–water partition coefficient (Wildman–Crippen LogP) is 3.59. The number of carbonyl (C=O) groups is 2. The van der Waals surface area contributed by atoms with E-state index in [2.05, 4.69) is 5.32 Å². The topological polar surface area (TPSA) is 75.6 Å². The number of carboxylic acids is 1. The van der Waals surface area contributed by atoms with Gasteiger partial charge in [0.25, 0.3) is 0 Å². The minimum atomic E-state index is -0.975. The Morgan fingerprint density at radius 3 is 2.39 bits per heavy atom. The van der Waals surface area contributed by atoms with Crippen LogP contribution in [0.15, 0.2) is 60.3 Å². The number of hydrogen-bond donors (Lipinski definition) is 2. The molecule has 2 aromatic carbocycles. The maximum Gasteiger partial charge on any atom is 0.335 e. The number of aromatic carboxylic acids is 1. The van der Waals surface area contributed by atoms with Crippen LogP contribution < -0.4 is 10.1 Å². The van der Waals surface area contributed by atoms with E-state index < -0.39 is 5.97 Å². The molecule has 2 aromatic rings. The van der Waals surface area contributed by atoms with E-state index in [1.807, 2.05) is 0 Å². The van der Waals surface area contributed by atoms with Crippen LogP contribution in [0.1, 0.15) is 27.6 Å². The lowest BCUT2D eigenvalue weighted by molar-refractivity contribution is 0.0696. The van der Waals surface area contributed by atoms with Gasteiger partial charge >= 0.3 is 5.97 Å². The Bertz CT molecular complexity index is 748. The molecule has 5 heteroatoms. The Labute approximate surface area is 134 Å². The van der Waals surface area contributed by atoms with Gasteiger partial charge in [0, 0.05) is 23.0 Å². The number of methoxy groups -OCH3 is 1. The number of rotatable bonds is 6. The molecule has 2 rings (SSSR count). The number of carboxylic acid groups (broad SMARTS) is 1. The summed E-state index contributed by atoms with van der Waals surface area (Å²) in [6.07, 6.45) is 1.49. The van der Waals surface area contributed by atoms with Crippen LogP contribution in [0.5, 0.6) is 5.75 Å². The third-order valence-electron chi connectivity index (χ3n) is 3.18. The highest BCUT2D eigenvalue weighted by atomic mass is 16.5. The maximum atomic E-state index is 12.2. The van der Waals surface area contributed by atoms with Crippen LogP contribution in [0.3, 0.4) is 0 Å². The first-order valence-corrected chi connectivity index (χ1v) is 6.96. The number of allylic oxidation sites excluding steroid dienone is 2. The summed E-state index contributed by atoms with van der Waals surface area (Å²) in [7, 11) is 1.55. The maximum absolute atomic E-state index is 12.2. The Kier molecular flexibility index (Phi) is 5.15. The average molecular weight is 311 g/mol. The van der Waals surface area contributed by atoms with E-state index in [1.165, 1.54) is 18.2 Å². The lowest BCUT2D eigenvalue weighted by Crippen LogP contribution is -2.02. The van der Waals surface area contributed by atoms with Crippen LogP contribution in [-0.2, 0) is 0 Å². The van der Waals surface area contributed by atoms with Gasteiger partial charge in [-0.3, -0.25) is 4.79 Å². The van der Waals surface area contributed by atoms with Gasteiger partial charge in [0.05, 0.1) is 12.7 Å². The van der Waals surface area contributed by atoms with Crippen molar-refractivity contribution in [1.29, 1.82) is 0 Å². The molecule has 0 radical (unpaired) electrons. The third-order valence-corrected chi connectivity index (χ3v) is 3.18. The third kappa shape index (κ3) is 4.44. The fourth-order valence-electron chi connectivity index (χ4n) is 2.02. The molecule has 5 nitrogen and oxygen atoms in total. The zero-order valence-electron chi connectivity index (χ0n) is 12.9. The number of carbonyl (C=O) groups excluding carboxylic acids is 1. The molecule has 0 aliphatic heterocycles. The van der Waals surface area contributed by atoms with Gasteiger partial charge in [-0.05, 0) is 43.3 Å². The second-order valence-corrected chi connectivity index (χ2v) is 4.93. The smallest absolute Gasteiger partial charge is 0.335 e. The number of anilines is 1. The normalized spacial score (nSPS) is 11.0. The molecule has 0 amide bonds. The molecule has 0 saturated carbocycles. The first-order chi connectivity index (χ1) is 11.0. The Morgan fingerprint density at radius 1 is 1.09 bits per heavy atom. The van der Waals surface area contributed by atoms with E-state index in [0.29, 0.717) is 22.7 Å². The van der Waals surface area contributed by atoms with Crippen molar-refractivity contribution >= 4 is 17.4 Å². The second kappa shape index (κ2) is 7.26. The van der Waals surface area contributed by atoms with Crippen molar-refractivity contribution in [2.24, 2.45) is 0 Å². The summed E-state index contributed by atoms with van der Waals surface area (Å²) in [5, 5.41) is 11.9. The molecular formula is C18H17NO4. The van der Waals surface area contributed by atoms with Crippen LogP contribution >= 0.6 is 0 Å². The van der Waals surface area contributed by atoms with Crippen molar-refractivity contribution in [3.05, 3.63) is 71.4 Å². The highest BCUT2D eigenvalue weighted by molar-refractivity contribution is 6.05. The molecule has 0 saturated heterocycles. The summed E-state index contributed by atoms with van der Waals surface area (Å²) in [4.78, 5) is 23.0. The Balaban J connectivity index is 2.09. The van der Waals surface area contributed by atoms with Crippen LogP contribution in [0, 0.1) is 0 Å². The SMILES string of the molecule is COc1cccc(C(=O)C=C(C)Nc2ccc(C(=O)O)cc2)c1. The minimum absolute atomic E-state index is 0.143. The molecule has 2 N–H and O–H groups in total. The van der Waals surface area contributed by atoms with Gasteiger partial charge in [0.15, 0.2) is 5.78 Å². The first-order valence-electron chi connectivity index (χ1n) is 6.96. The molecule has 0 aliphatic carbocycles. The Hall–Kier alpha value is -3.08. The zero-order chi connectivity index (χ0) is 16.8. The fourth-order valence-corrected chi connectivity index (χ4v) is 2.02. The average Bonchev–Trinajstić information content (AvgIpc) is 2.55. The summed E-state index contributed by atoms with van der Waals surface area (Å²) in [5.74, 6) is -0.493. The van der Waals surface area contributed by atoms with Crippen LogP contribution in [-0.4, -0.2) is 24.0 Å². The van der Waals surface area contributed by atoms with Crippen LogP contribution in [0.4, 0.5) is 5.69 Å². The van der Waals surface area contributed by atoms with E-state index in [-0.39, 0.29) is 11.3 Å². The van der Waals surface area contributed by atoms with Crippen molar-refractivity contribution in [2.75, 3.05) is 12.4 Å². The summed E-state index contributed by atoms with van der Waals surface area (Å²) in [6.45, 7) is 1.77. The summed E-state index contributed by atoms with van der Waals surface area (Å²) < 4.78 is 5.10. The largest absolute Gasteiger partial charge is 0.497 e. The number of ether oxygens (including phenoxy) is 1. The summed E-state index contributed by atoms with van der Waals surface area (Å²) >= 11 is 0. The number of ketones is 1. The summed E-state index contributed by atoms with van der Waals surface area (Å²) in [6, 6.07) is 13.2. The number of benzene rings is 2. The van der Waals surface area contributed by atoms with E-state index >= 15 is 0 Å². The predicted molar refractivity (Wildman–Crippen MR) is 88.1 cm³/mol. The van der Waals surface area contributed by atoms with Crippen molar-refractivity contribution in [2.45, 2.75) is 6.92 Å². The molecule has 23 heavy (non-hydrogen) atoms. The zero-order valence-corrected chi connectivity index (χ0v) is 12.9. The molecule has 0 bridgehead atoms. The van der Waals surface area contributed by atoms with Crippen molar-refractivity contribution in [1.82, 2.24) is 0 Å². The van der Waals surface area contributed by atoms with Crippen LogP contribution in [0.2, 0.25) is 0 Å². The second-order valence-electron chi connectivity index (χ2n) is 4.93. The quantitative estimate of drug-likeness (QED) is 0.630. The standard InChI is InChI=1S/C18H17NO4/c1-12(19-15-8-6-13(7-9-15)18(21)22)10-17(20)14-4-3-5-16(11-14)23-2/h3-11,19H,1-2H3,(H,21,22). The molecule has 118 valence electrons. The van der Waals surface area contributed by atoms with E-state index in [0.717, 1.165) is 0 Å². The van der Waals surface area contributed by atoms with Crippen molar-refractivity contribution in [3.8, 4) is 5.75 Å². The molecule has 0 aromatic heterocycles. The number of nitrogens with one attached hydrogen (secondary N) is 1. The molecule has 0 atom stereocenters. The molecule has 0 heterocycles. The highest BCUT2D eigenvalue weighted by Crippen LogP contribution is 2.15. The van der Waals surface area contributed by atoms with Gasteiger partial charge in [-0.15, -0.1) is 0 Å². The first kappa shape index (κ1) is 16.3. The summed E-state index contributed by atoms with van der Waals surface area (Å²) in [5.41, 5.74) is 2.11. The van der Waals surface area contributed by atoms with Crippen molar-refractivity contribution in [3.63, 3.8) is 0 Å². The van der Waals surface area contributed by atoms with E-state index in [9.17, 15) is 9.59 Å². The molecule has 0 aliphatic rings. The van der Waals surface area contributed by atoms with Crippen molar-refractivity contribution < 1.29 is 19.4 Å². The van der Waals surface area contributed by atoms with Gasteiger partial charge in [-0.2, -0.15) is 0 Å². The molecule has 0 fully saturated rings. The van der Waals surface area contributed by atoms with Gasteiger partial charge in [-0.1, -0.05) is 12.1 Å². The van der Waals surface area contributed by atoms with Gasteiger partial charge in [0.1, 0.15) is 5.75 Å². The molecule has 0 unspecified atom stereocenters. The lowest BCUT2D eigenvalue weighted by atomic mass is 10.1. The van der Waals surface area contributed by atoms with Gasteiger partial charge < -0.3 is 15.2 Å². The van der Waals surface area contributed by atoms with Gasteiger partial charge in [-0.25, -0.2) is 4.79 Å². The van der Waals surface area contributed by atoms with E-state index in [1.54, 1.807) is 50.4 Å². The Morgan fingerprint density at radius 2 is 1.78 bits per heavy atom.